The minimum absolute atomic E-state index is 0.0959. The molecule has 1 atom stereocenters. The molecular weight excluding hydrogens is 320 g/mol. The van der Waals surface area contributed by atoms with Crippen LogP contribution in [0.4, 0.5) is 0 Å². The highest BCUT2D eigenvalue weighted by atomic mass is 16.5. The summed E-state index contributed by atoms with van der Waals surface area (Å²) >= 11 is 0. The summed E-state index contributed by atoms with van der Waals surface area (Å²) in [5, 5.41) is 4.55. The van der Waals surface area contributed by atoms with E-state index in [1.54, 1.807) is 22.0 Å². The molecule has 7 heteroatoms. The van der Waals surface area contributed by atoms with Gasteiger partial charge in [0.15, 0.2) is 5.82 Å². The number of aromatic nitrogens is 3. The van der Waals surface area contributed by atoms with Crippen molar-refractivity contribution in [3.63, 3.8) is 0 Å². The fourth-order valence-electron chi connectivity index (χ4n) is 2.92. The lowest BCUT2D eigenvalue weighted by molar-refractivity contribution is -0.00527. The first-order chi connectivity index (χ1) is 12.3. The number of amides is 1. The fourth-order valence-corrected chi connectivity index (χ4v) is 2.92. The van der Waals surface area contributed by atoms with Gasteiger partial charge in [0.1, 0.15) is 18.6 Å². The Morgan fingerprint density at radius 2 is 2.12 bits per heavy atom. The van der Waals surface area contributed by atoms with E-state index in [4.69, 9.17) is 9.15 Å². The second-order valence-corrected chi connectivity index (χ2v) is 5.89. The molecular formula is C18H18N4O3. The Morgan fingerprint density at radius 3 is 2.92 bits per heavy atom. The van der Waals surface area contributed by atoms with Crippen LogP contribution >= 0.6 is 0 Å². The van der Waals surface area contributed by atoms with Crippen molar-refractivity contribution in [2.45, 2.75) is 12.6 Å². The normalized spacial score (nSPS) is 17.6. The van der Waals surface area contributed by atoms with Gasteiger partial charge in [0, 0.05) is 6.54 Å². The Balaban J connectivity index is 1.54. The Hall–Kier alpha value is -2.93. The third kappa shape index (κ3) is 3.32. The average Bonchev–Trinajstić information content (AvgIpc) is 3.34. The number of benzene rings is 1. The molecule has 0 spiro atoms. The molecule has 0 aliphatic carbocycles. The Labute approximate surface area is 144 Å². The largest absolute Gasteiger partial charge is 0.472 e. The van der Waals surface area contributed by atoms with Crippen molar-refractivity contribution in [2.75, 3.05) is 19.8 Å². The van der Waals surface area contributed by atoms with Gasteiger partial charge < -0.3 is 14.1 Å². The second-order valence-electron chi connectivity index (χ2n) is 5.89. The molecule has 3 aromatic rings. The first-order valence-corrected chi connectivity index (χ1v) is 8.15. The highest BCUT2D eigenvalue weighted by Gasteiger charge is 2.32. The molecule has 1 aromatic carbocycles. The number of nitrogens with zero attached hydrogens (tertiary/aromatic N) is 4. The number of furan rings is 1. The fraction of sp³-hybridized carbons (Fsp3) is 0.278. The number of ether oxygens (including phenoxy) is 1. The quantitative estimate of drug-likeness (QED) is 0.729. The number of morpholine rings is 1. The summed E-state index contributed by atoms with van der Waals surface area (Å²) in [6.45, 7) is 2.03. The van der Waals surface area contributed by atoms with E-state index in [2.05, 4.69) is 10.1 Å². The minimum atomic E-state index is -0.298. The molecule has 4 rings (SSSR count). The van der Waals surface area contributed by atoms with Crippen molar-refractivity contribution in [2.24, 2.45) is 0 Å². The van der Waals surface area contributed by atoms with E-state index in [1.165, 1.54) is 12.5 Å². The summed E-state index contributed by atoms with van der Waals surface area (Å²) in [7, 11) is 0. The van der Waals surface area contributed by atoms with Crippen LogP contribution in [-0.4, -0.2) is 45.3 Å². The van der Waals surface area contributed by atoms with Crippen LogP contribution in [0.5, 0.6) is 0 Å². The molecule has 1 saturated heterocycles. The second kappa shape index (κ2) is 6.90. The summed E-state index contributed by atoms with van der Waals surface area (Å²) in [6, 6.07) is 11.4. The van der Waals surface area contributed by atoms with Crippen molar-refractivity contribution in [3.05, 3.63) is 72.2 Å². The van der Waals surface area contributed by atoms with Crippen LogP contribution in [0.3, 0.4) is 0 Å². The predicted molar refractivity (Wildman–Crippen MR) is 88.9 cm³/mol. The third-order valence-electron chi connectivity index (χ3n) is 4.20. The summed E-state index contributed by atoms with van der Waals surface area (Å²) in [5.74, 6) is 0.494. The number of carbonyl (C=O) groups excluding carboxylic acids is 1. The number of hydrogen-bond acceptors (Lipinski definition) is 5. The predicted octanol–water partition coefficient (Wildman–Crippen LogP) is 2.13. The van der Waals surface area contributed by atoms with Crippen LogP contribution < -0.4 is 0 Å². The van der Waals surface area contributed by atoms with Crippen LogP contribution in [0, 0.1) is 0 Å². The Kier molecular flexibility index (Phi) is 4.30. The van der Waals surface area contributed by atoms with Crippen molar-refractivity contribution < 1.29 is 13.9 Å². The molecule has 7 nitrogen and oxygen atoms in total. The zero-order valence-corrected chi connectivity index (χ0v) is 13.6. The van der Waals surface area contributed by atoms with Crippen molar-refractivity contribution in [1.29, 1.82) is 0 Å². The average molecular weight is 338 g/mol. The van der Waals surface area contributed by atoms with Gasteiger partial charge in [0.2, 0.25) is 0 Å². The Bertz CT molecular complexity index is 829. The molecule has 1 amide bonds. The van der Waals surface area contributed by atoms with E-state index in [9.17, 15) is 4.79 Å². The van der Waals surface area contributed by atoms with Crippen LogP contribution in [0.1, 0.15) is 27.8 Å². The van der Waals surface area contributed by atoms with Crippen LogP contribution in [0.15, 0.2) is 59.7 Å². The summed E-state index contributed by atoms with van der Waals surface area (Å²) < 4.78 is 12.4. The van der Waals surface area contributed by atoms with Gasteiger partial charge in [0.05, 0.1) is 31.6 Å². The summed E-state index contributed by atoms with van der Waals surface area (Å²) in [5.41, 5.74) is 1.67. The third-order valence-corrected chi connectivity index (χ3v) is 4.20. The van der Waals surface area contributed by atoms with Crippen LogP contribution in [0.25, 0.3) is 0 Å². The van der Waals surface area contributed by atoms with E-state index in [0.29, 0.717) is 37.7 Å². The molecule has 1 aliphatic rings. The topological polar surface area (TPSA) is 73.4 Å². The monoisotopic (exact) mass is 338 g/mol. The van der Waals surface area contributed by atoms with Crippen molar-refractivity contribution in [1.82, 2.24) is 19.7 Å². The first kappa shape index (κ1) is 15.6. The van der Waals surface area contributed by atoms with E-state index in [-0.39, 0.29) is 11.9 Å². The molecule has 0 N–H and O–H groups in total. The van der Waals surface area contributed by atoms with Crippen molar-refractivity contribution >= 4 is 5.91 Å². The molecule has 3 heterocycles. The molecule has 2 aromatic heterocycles. The van der Waals surface area contributed by atoms with E-state index in [0.717, 1.165) is 5.56 Å². The lowest BCUT2D eigenvalue weighted by atomic mass is 10.2. The first-order valence-electron chi connectivity index (χ1n) is 8.15. The van der Waals surface area contributed by atoms with Gasteiger partial charge >= 0.3 is 0 Å². The zero-order chi connectivity index (χ0) is 17.1. The molecule has 0 unspecified atom stereocenters. The number of rotatable bonds is 4. The summed E-state index contributed by atoms with van der Waals surface area (Å²) in [6.07, 6.45) is 4.64. The maximum Gasteiger partial charge on any atom is 0.257 e. The highest BCUT2D eigenvalue weighted by molar-refractivity contribution is 5.94. The lowest BCUT2D eigenvalue weighted by Crippen LogP contribution is -2.43. The van der Waals surface area contributed by atoms with Crippen LogP contribution in [0.2, 0.25) is 0 Å². The van der Waals surface area contributed by atoms with E-state index < -0.39 is 0 Å². The molecule has 0 radical (unpaired) electrons. The van der Waals surface area contributed by atoms with Gasteiger partial charge in [0.25, 0.3) is 5.91 Å². The minimum Gasteiger partial charge on any atom is -0.472 e. The number of carbonyl (C=O) groups is 1. The van der Waals surface area contributed by atoms with Gasteiger partial charge in [-0.25, -0.2) is 9.67 Å². The van der Waals surface area contributed by atoms with Crippen molar-refractivity contribution in [3.8, 4) is 0 Å². The molecule has 0 bridgehead atoms. The SMILES string of the molecule is O=C(c1ccoc1)N1CCOC[C@@H]1c1ncn(Cc2ccccc2)n1. The molecule has 0 saturated carbocycles. The Morgan fingerprint density at radius 1 is 1.24 bits per heavy atom. The van der Waals surface area contributed by atoms with Gasteiger partial charge in [-0.2, -0.15) is 5.10 Å². The maximum atomic E-state index is 12.7. The molecule has 1 aliphatic heterocycles. The zero-order valence-electron chi connectivity index (χ0n) is 13.6. The molecule has 1 fully saturated rings. The lowest BCUT2D eigenvalue weighted by Gasteiger charge is -2.33. The highest BCUT2D eigenvalue weighted by Crippen LogP contribution is 2.23. The number of hydrogen-bond donors (Lipinski definition) is 0. The van der Waals surface area contributed by atoms with Gasteiger partial charge in [-0.3, -0.25) is 4.79 Å². The molecule has 128 valence electrons. The summed E-state index contributed by atoms with van der Waals surface area (Å²) in [4.78, 5) is 18.8. The van der Waals surface area contributed by atoms with Gasteiger partial charge in [-0.05, 0) is 11.6 Å². The maximum absolute atomic E-state index is 12.7. The van der Waals surface area contributed by atoms with Gasteiger partial charge in [-0.1, -0.05) is 30.3 Å². The van der Waals surface area contributed by atoms with E-state index in [1.807, 2.05) is 30.3 Å². The molecule has 25 heavy (non-hydrogen) atoms. The smallest absolute Gasteiger partial charge is 0.257 e. The van der Waals surface area contributed by atoms with Gasteiger partial charge in [-0.15, -0.1) is 0 Å². The van der Waals surface area contributed by atoms with Crippen LogP contribution in [-0.2, 0) is 11.3 Å². The standard InChI is InChI=1S/C18H18N4O3/c23-18(15-6-8-24-11-15)22-7-9-25-12-16(22)17-19-13-21(20-17)10-14-4-2-1-3-5-14/h1-6,8,11,13,16H,7,9-10,12H2/t16-/m1/s1. The van der Waals surface area contributed by atoms with E-state index >= 15 is 0 Å².